The number of hydrogen-bond acceptors (Lipinski definition) is 7. The summed E-state index contributed by atoms with van der Waals surface area (Å²) in [7, 11) is 0. The quantitative estimate of drug-likeness (QED) is 0.234. The van der Waals surface area contributed by atoms with E-state index in [1.54, 1.807) is 12.3 Å². The maximum Gasteiger partial charge on any atom is 0.270 e. The van der Waals surface area contributed by atoms with E-state index in [1.807, 2.05) is 48.5 Å². The first-order valence-electron chi connectivity index (χ1n) is 11.0. The average Bonchev–Trinajstić information content (AvgIpc) is 2.88. The lowest BCUT2D eigenvalue weighted by Crippen LogP contribution is -2.46. The summed E-state index contributed by atoms with van der Waals surface area (Å²) in [6.07, 6.45) is 1.54. The molecule has 4 rings (SSSR count). The zero-order valence-corrected chi connectivity index (χ0v) is 19.5. The van der Waals surface area contributed by atoms with Gasteiger partial charge in [0.25, 0.3) is 5.69 Å². The summed E-state index contributed by atoms with van der Waals surface area (Å²) in [4.78, 5) is 15.5. The Labute approximate surface area is 202 Å². The summed E-state index contributed by atoms with van der Waals surface area (Å²) in [6, 6.07) is 25.1. The number of para-hydroxylation sites is 1. The molecule has 1 saturated heterocycles. The van der Waals surface area contributed by atoms with E-state index in [1.165, 1.54) is 29.6 Å². The Morgan fingerprint density at radius 1 is 0.971 bits per heavy atom. The van der Waals surface area contributed by atoms with Crippen LogP contribution in [0.4, 0.5) is 17.1 Å². The van der Waals surface area contributed by atoms with E-state index in [0.717, 1.165) is 37.4 Å². The van der Waals surface area contributed by atoms with Crippen molar-refractivity contribution >= 4 is 40.2 Å². The molecule has 0 aliphatic carbocycles. The number of anilines is 2. The van der Waals surface area contributed by atoms with Crippen LogP contribution in [0.25, 0.3) is 0 Å². The standard InChI is InChI=1S/C25H26N6O2S/c26-25(34-19-20-7-3-1-4-8-20)28-27-18-21-17-23(31(32)33)11-12-24(21)30-15-13-29(14-16-30)22-9-5-2-6-10-22/h1-12,17-18H,13-16,19H2,(H2,26,28). The van der Waals surface area contributed by atoms with Crippen LogP contribution in [0.3, 0.4) is 0 Å². The molecule has 174 valence electrons. The van der Waals surface area contributed by atoms with Gasteiger partial charge in [-0.2, -0.15) is 5.10 Å². The first-order chi connectivity index (χ1) is 16.6. The zero-order chi connectivity index (χ0) is 23.8. The number of nitro benzene ring substituents is 1. The highest BCUT2D eigenvalue weighted by atomic mass is 32.2. The molecule has 0 aromatic heterocycles. The van der Waals surface area contributed by atoms with Crippen molar-refractivity contribution in [1.29, 1.82) is 0 Å². The highest BCUT2D eigenvalue weighted by Crippen LogP contribution is 2.26. The van der Waals surface area contributed by atoms with E-state index >= 15 is 0 Å². The van der Waals surface area contributed by atoms with Gasteiger partial charge in [0.15, 0.2) is 5.17 Å². The van der Waals surface area contributed by atoms with Crippen molar-refractivity contribution in [2.24, 2.45) is 15.9 Å². The Morgan fingerprint density at radius 3 is 2.29 bits per heavy atom. The van der Waals surface area contributed by atoms with Gasteiger partial charge >= 0.3 is 0 Å². The summed E-state index contributed by atoms with van der Waals surface area (Å²) < 4.78 is 0. The molecular weight excluding hydrogens is 448 g/mol. The van der Waals surface area contributed by atoms with Gasteiger partial charge in [-0.3, -0.25) is 10.1 Å². The number of piperazine rings is 1. The van der Waals surface area contributed by atoms with Crippen molar-refractivity contribution in [1.82, 2.24) is 0 Å². The number of rotatable bonds is 7. The monoisotopic (exact) mass is 474 g/mol. The first-order valence-corrected chi connectivity index (χ1v) is 12.0. The fourth-order valence-corrected chi connectivity index (χ4v) is 4.41. The number of amidine groups is 1. The van der Waals surface area contributed by atoms with Crippen LogP contribution in [0.15, 0.2) is 89.1 Å². The molecule has 0 bridgehead atoms. The van der Waals surface area contributed by atoms with Gasteiger partial charge in [0.1, 0.15) is 0 Å². The molecule has 34 heavy (non-hydrogen) atoms. The Morgan fingerprint density at radius 2 is 1.62 bits per heavy atom. The Hall–Kier alpha value is -3.85. The average molecular weight is 475 g/mol. The minimum atomic E-state index is -0.401. The Kier molecular flexibility index (Phi) is 7.77. The smallest absolute Gasteiger partial charge is 0.270 e. The van der Waals surface area contributed by atoms with Crippen LogP contribution in [-0.4, -0.2) is 42.5 Å². The van der Waals surface area contributed by atoms with Crippen molar-refractivity contribution < 1.29 is 4.92 Å². The summed E-state index contributed by atoms with van der Waals surface area (Å²) in [5, 5.41) is 19.9. The molecule has 3 aromatic rings. The molecule has 3 aromatic carbocycles. The van der Waals surface area contributed by atoms with Gasteiger partial charge in [-0.1, -0.05) is 60.3 Å². The SMILES string of the molecule is NC(=NN=Cc1cc([N+](=O)[O-])ccc1N1CCN(c2ccccc2)CC1)SCc1ccccc1. The maximum atomic E-state index is 11.3. The number of nitrogens with zero attached hydrogens (tertiary/aromatic N) is 5. The van der Waals surface area contributed by atoms with Crippen molar-refractivity contribution in [2.75, 3.05) is 36.0 Å². The van der Waals surface area contributed by atoms with Crippen LogP contribution in [-0.2, 0) is 5.75 Å². The topological polar surface area (TPSA) is 100 Å². The fourth-order valence-electron chi connectivity index (χ4n) is 3.80. The highest BCUT2D eigenvalue weighted by molar-refractivity contribution is 8.13. The zero-order valence-electron chi connectivity index (χ0n) is 18.7. The molecular formula is C25H26N6O2S. The van der Waals surface area contributed by atoms with Crippen LogP contribution in [0.2, 0.25) is 0 Å². The van der Waals surface area contributed by atoms with Crippen LogP contribution < -0.4 is 15.5 Å². The van der Waals surface area contributed by atoms with Crippen LogP contribution in [0.1, 0.15) is 11.1 Å². The molecule has 0 radical (unpaired) electrons. The second-order valence-corrected chi connectivity index (χ2v) is 8.76. The molecule has 0 saturated carbocycles. The normalized spacial score (nSPS) is 14.5. The van der Waals surface area contributed by atoms with Gasteiger partial charge in [0, 0.05) is 61.0 Å². The maximum absolute atomic E-state index is 11.3. The van der Waals surface area contributed by atoms with Gasteiger partial charge in [0.05, 0.1) is 11.1 Å². The van der Waals surface area contributed by atoms with Gasteiger partial charge in [-0.05, 0) is 23.8 Å². The lowest BCUT2D eigenvalue weighted by molar-refractivity contribution is -0.384. The van der Waals surface area contributed by atoms with Crippen molar-refractivity contribution in [3.05, 3.63) is 100 Å². The number of benzene rings is 3. The lowest BCUT2D eigenvalue weighted by Gasteiger charge is -2.37. The molecule has 2 N–H and O–H groups in total. The van der Waals surface area contributed by atoms with Gasteiger partial charge in [-0.25, -0.2) is 0 Å². The van der Waals surface area contributed by atoms with E-state index in [4.69, 9.17) is 5.73 Å². The molecule has 0 atom stereocenters. The molecule has 8 nitrogen and oxygen atoms in total. The fraction of sp³-hybridized carbons (Fsp3) is 0.200. The molecule has 1 heterocycles. The van der Waals surface area contributed by atoms with E-state index < -0.39 is 4.92 Å². The number of hydrogen-bond donors (Lipinski definition) is 1. The minimum Gasteiger partial charge on any atom is -0.377 e. The van der Waals surface area contributed by atoms with Crippen LogP contribution in [0, 0.1) is 10.1 Å². The lowest BCUT2D eigenvalue weighted by atomic mass is 10.1. The van der Waals surface area contributed by atoms with Gasteiger partial charge in [-0.15, -0.1) is 5.10 Å². The van der Waals surface area contributed by atoms with Crippen LogP contribution >= 0.6 is 11.8 Å². The summed E-state index contributed by atoms with van der Waals surface area (Å²) in [5.74, 6) is 0.694. The second-order valence-electron chi connectivity index (χ2n) is 7.77. The molecule has 0 spiro atoms. The first kappa shape index (κ1) is 23.3. The van der Waals surface area contributed by atoms with Gasteiger partial charge < -0.3 is 15.5 Å². The third-order valence-electron chi connectivity index (χ3n) is 5.55. The van der Waals surface area contributed by atoms with Crippen molar-refractivity contribution in [3.63, 3.8) is 0 Å². The van der Waals surface area contributed by atoms with E-state index in [-0.39, 0.29) is 5.69 Å². The van der Waals surface area contributed by atoms with E-state index in [2.05, 4.69) is 32.1 Å². The molecule has 1 aliphatic heterocycles. The third kappa shape index (κ3) is 6.14. The predicted molar refractivity (Wildman–Crippen MR) is 141 cm³/mol. The molecule has 1 fully saturated rings. The van der Waals surface area contributed by atoms with Crippen LogP contribution in [0.5, 0.6) is 0 Å². The minimum absolute atomic E-state index is 0.0172. The number of thioether (sulfide) groups is 1. The Balaban J connectivity index is 1.45. The summed E-state index contributed by atoms with van der Waals surface area (Å²) >= 11 is 1.39. The highest BCUT2D eigenvalue weighted by Gasteiger charge is 2.20. The number of non-ortho nitro benzene ring substituents is 1. The number of nitro groups is 1. The molecule has 9 heteroatoms. The molecule has 0 amide bonds. The largest absolute Gasteiger partial charge is 0.377 e. The van der Waals surface area contributed by atoms with E-state index in [0.29, 0.717) is 16.5 Å². The van der Waals surface area contributed by atoms with Gasteiger partial charge in [0.2, 0.25) is 0 Å². The summed E-state index contributed by atoms with van der Waals surface area (Å²) in [6.45, 7) is 3.31. The molecule has 0 unspecified atom stereocenters. The third-order valence-corrected chi connectivity index (χ3v) is 6.40. The molecule has 1 aliphatic rings. The van der Waals surface area contributed by atoms with Crippen molar-refractivity contribution in [3.8, 4) is 0 Å². The Bertz CT molecular complexity index is 1160. The second kappa shape index (κ2) is 11.3. The van der Waals surface area contributed by atoms with Crippen molar-refractivity contribution in [2.45, 2.75) is 5.75 Å². The predicted octanol–water partition coefficient (Wildman–Crippen LogP) is 4.50. The number of nitrogens with two attached hydrogens (primary N) is 1. The summed E-state index contributed by atoms with van der Waals surface area (Å²) in [5.41, 5.74) is 9.89. The van der Waals surface area contributed by atoms with E-state index in [9.17, 15) is 10.1 Å².